The monoisotopic (exact) mass is 248 g/mol. The maximum absolute atomic E-state index is 5.75. The van der Waals surface area contributed by atoms with Crippen LogP contribution in [0.4, 0.5) is 0 Å². The zero-order valence-electron chi connectivity index (χ0n) is 11.1. The van der Waals surface area contributed by atoms with E-state index in [2.05, 4.69) is 4.90 Å². The van der Waals surface area contributed by atoms with Crippen LogP contribution in [-0.4, -0.2) is 37.2 Å². The number of likely N-dealkylation sites (tertiary alicyclic amines) is 1. The van der Waals surface area contributed by atoms with E-state index in [0.717, 1.165) is 37.9 Å². The second-order valence-corrected chi connectivity index (χ2v) is 4.92. The highest BCUT2D eigenvalue weighted by Crippen LogP contribution is 2.20. The molecule has 0 bridgehead atoms. The summed E-state index contributed by atoms with van der Waals surface area (Å²) >= 11 is 0. The molecule has 2 N–H and O–H groups in total. The van der Waals surface area contributed by atoms with Gasteiger partial charge in [0.05, 0.1) is 0 Å². The summed E-state index contributed by atoms with van der Waals surface area (Å²) in [6, 6.07) is 10.8. The van der Waals surface area contributed by atoms with E-state index in [1.165, 1.54) is 25.8 Å². The van der Waals surface area contributed by atoms with Crippen molar-refractivity contribution in [3.8, 4) is 5.75 Å². The van der Waals surface area contributed by atoms with E-state index in [-0.39, 0.29) is 0 Å². The predicted molar refractivity (Wildman–Crippen MR) is 74.8 cm³/mol. The largest absolute Gasteiger partial charge is 0.492 e. The number of hydrogen-bond acceptors (Lipinski definition) is 3. The van der Waals surface area contributed by atoms with Gasteiger partial charge in [0.1, 0.15) is 12.4 Å². The molecule has 3 nitrogen and oxygen atoms in total. The number of ether oxygens (including phenoxy) is 1. The van der Waals surface area contributed by atoms with E-state index in [9.17, 15) is 0 Å². The molecular formula is C15H24N2O. The second kappa shape index (κ2) is 7.39. The molecule has 1 aliphatic rings. The Hall–Kier alpha value is -1.06. The Kier molecular flexibility index (Phi) is 5.49. The van der Waals surface area contributed by atoms with Crippen molar-refractivity contribution in [3.05, 3.63) is 30.3 Å². The first-order valence-electron chi connectivity index (χ1n) is 7.02. The fraction of sp³-hybridized carbons (Fsp3) is 0.600. The molecule has 2 rings (SSSR count). The molecule has 1 atom stereocenters. The molecule has 1 fully saturated rings. The van der Waals surface area contributed by atoms with Crippen LogP contribution < -0.4 is 10.5 Å². The van der Waals surface area contributed by atoms with E-state index in [4.69, 9.17) is 10.5 Å². The van der Waals surface area contributed by atoms with Gasteiger partial charge in [-0.15, -0.1) is 0 Å². The van der Waals surface area contributed by atoms with Crippen molar-refractivity contribution in [3.63, 3.8) is 0 Å². The summed E-state index contributed by atoms with van der Waals surface area (Å²) in [7, 11) is 0. The molecule has 1 aromatic rings. The number of nitrogens with zero attached hydrogens (tertiary/aromatic N) is 1. The van der Waals surface area contributed by atoms with Crippen LogP contribution in [0.25, 0.3) is 0 Å². The molecule has 1 heterocycles. The zero-order chi connectivity index (χ0) is 12.6. The highest BCUT2D eigenvalue weighted by Gasteiger charge is 2.23. The van der Waals surface area contributed by atoms with Crippen LogP contribution in [0.5, 0.6) is 5.75 Å². The van der Waals surface area contributed by atoms with Gasteiger partial charge in [0.25, 0.3) is 0 Å². The molecule has 0 saturated carbocycles. The van der Waals surface area contributed by atoms with Crippen LogP contribution in [0.15, 0.2) is 30.3 Å². The van der Waals surface area contributed by atoms with Crippen LogP contribution in [0, 0.1) is 0 Å². The molecule has 0 aliphatic carbocycles. The molecule has 0 spiro atoms. The summed E-state index contributed by atoms with van der Waals surface area (Å²) in [5.41, 5.74) is 5.58. The van der Waals surface area contributed by atoms with Gasteiger partial charge in [-0.25, -0.2) is 0 Å². The van der Waals surface area contributed by atoms with Crippen molar-refractivity contribution in [2.75, 3.05) is 26.2 Å². The van der Waals surface area contributed by atoms with Gasteiger partial charge in [0, 0.05) is 12.6 Å². The minimum Gasteiger partial charge on any atom is -0.492 e. The lowest BCUT2D eigenvalue weighted by molar-refractivity contribution is 0.189. The summed E-state index contributed by atoms with van der Waals surface area (Å²) in [4.78, 5) is 2.55. The van der Waals surface area contributed by atoms with Crippen LogP contribution >= 0.6 is 0 Å². The third-order valence-corrected chi connectivity index (χ3v) is 3.63. The van der Waals surface area contributed by atoms with E-state index >= 15 is 0 Å². The topological polar surface area (TPSA) is 38.5 Å². The average Bonchev–Trinajstić information content (AvgIpc) is 2.85. The molecule has 1 unspecified atom stereocenters. The smallest absolute Gasteiger partial charge is 0.119 e. The molecule has 1 saturated heterocycles. The average molecular weight is 248 g/mol. The standard InChI is InChI=1S/C15H24N2O/c16-10-4-6-14-7-5-11-17(14)12-13-18-15-8-2-1-3-9-15/h1-3,8-9,14H,4-7,10-13,16H2. The summed E-state index contributed by atoms with van der Waals surface area (Å²) in [6.07, 6.45) is 5.02. The molecule has 1 aromatic carbocycles. The molecule has 18 heavy (non-hydrogen) atoms. The summed E-state index contributed by atoms with van der Waals surface area (Å²) < 4.78 is 5.75. The van der Waals surface area contributed by atoms with Gasteiger partial charge in [0.15, 0.2) is 0 Å². The minimum absolute atomic E-state index is 0.730. The summed E-state index contributed by atoms with van der Waals surface area (Å²) in [5.74, 6) is 0.968. The highest BCUT2D eigenvalue weighted by atomic mass is 16.5. The van der Waals surface area contributed by atoms with Crippen LogP contribution in [0.2, 0.25) is 0 Å². The molecule has 1 aliphatic heterocycles. The van der Waals surface area contributed by atoms with Crippen LogP contribution in [-0.2, 0) is 0 Å². The van der Waals surface area contributed by atoms with Gasteiger partial charge < -0.3 is 10.5 Å². The van der Waals surface area contributed by atoms with Gasteiger partial charge in [-0.2, -0.15) is 0 Å². The maximum atomic E-state index is 5.75. The zero-order valence-corrected chi connectivity index (χ0v) is 11.1. The van der Waals surface area contributed by atoms with Crippen molar-refractivity contribution in [1.29, 1.82) is 0 Å². The fourth-order valence-electron chi connectivity index (χ4n) is 2.67. The van der Waals surface area contributed by atoms with E-state index in [1.807, 2.05) is 30.3 Å². The van der Waals surface area contributed by atoms with Crippen molar-refractivity contribution in [2.45, 2.75) is 31.7 Å². The number of hydrogen-bond donors (Lipinski definition) is 1. The van der Waals surface area contributed by atoms with Crippen LogP contribution in [0.3, 0.4) is 0 Å². The van der Waals surface area contributed by atoms with E-state index in [1.54, 1.807) is 0 Å². The minimum atomic E-state index is 0.730. The Bertz CT molecular complexity index is 329. The number of para-hydroxylation sites is 1. The Morgan fingerprint density at radius 3 is 2.89 bits per heavy atom. The highest BCUT2D eigenvalue weighted by molar-refractivity contribution is 5.20. The lowest BCUT2D eigenvalue weighted by atomic mass is 10.1. The van der Waals surface area contributed by atoms with Crippen molar-refractivity contribution < 1.29 is 4.74 Å². The maximum Gasteiger partial charge on any atom is 0.119 e. The van der Waals surface area contributed by atoms with Crippen molar-refractivity contribution in [2.24, 2.45) is 5.73 Å². The van der Waals surface area contributed by atoms with Crippen molar-refractivity contribution in [1.82, 2.24) is 4.90 Å². The number of benzene rings is 1. The molecular weight excluding hydrogens is 224 g/mol. The lowest BCUT2D eigenvalue weighted by Gasteiger charge is -2.24. The molecule has 100 valence electrons. The normalized spacial score (nSPS) is 20.2. The predicted octanol–water partition coefficient (Wildman–Crippen LogP) is 2.27. The first-order chi connectivity index (χ1) is 8.90. The number of nitrogens with two attached hydrogens (primary N) is 1. The van der Waals surface area contributed by atoms with Crippen LogP contribution in [0.1, 0.15) is 25.7 Å². The molecule has 3 heteroatoms. The van der Waals surface area contributed by atoms with E-state index in [0.29, 0.717) is 0 Å². The molecule has 0 radical (unpaired) electrons. The summed E-state index contributed by atoms with van der Waals surface area (Å²) in [5, 5.41) is 0. The number of rotatable bonds is 7. The first-order valence-corrected chi connectivity index (χ1v) is 7.02. The first kappa shape index (κ1) is 13.4. The summed E-state index contributed by atoms with van der Waals surface area (Å²) in [6.45, 7) is 3.84. The van der Waals surface area contributed by atoms with Crippen molar-refractivity contribution >= 4 is 0 Å². The van der Waals surface area contributed by atoms with Gasteiger partial charge in [-0.3, -0.25) is 4.90 Å². The third kappa shape index (κ3) is 4.00. The fourth-order valence-corrected chi connectivity index (χ4v) is 2.67. The van der Waals surface area contributed by atoms with Gasteiger partial charge in [-0.05, 0) is 50.9 Å². The van der Waals surface area contributed by atoms with Gasteiger partial charge >= 0.3 is 0 Å². The lowest BCUT2D eigenvalue weighted by Crippen LogP contribution is -2.33. The Labute approximate surface area is 110 Å². The Morgan fingerprint density at radius 1 is 1.28 bits per heavy atom. The second-order valence-electron chi connectivity index (χ2n) is 4.92. The molecule has 0 amide bonds. The SMILES string of the molecule is NCCCC1CCCN1CCOc1ccccc1. The quantitative estimate of drug-likeness (QED) is 0.804. The van der Waals surface area contributed by atoms with Gasteiger partial charge in [-0.1, -0.05) is 18.2 Å². The van der Waals surface area contributed by atoms with E-state index < -0.39 is 0 Å². The molecule has 0 aromatic heterocycles. The van der Waals surface area contributed by atoms with Gasteiger partial charge in [0.2, 0.25) is 0 Å². The Morgan fingerprint density at radius 2 is 2.11 bits per heavy atom. The third-order valence-electron chi connectivity index (χ3n) is 3.63. The Balaban J connectivity index is 1.69.